The van der Waals surface area contributed by atoms with Crippen molar-refractivity contribution in [3.8, 4) is 0 Å². The van der Waals surface area contributed by atoms with Crippen molar-refractivity contribution in [1.82, 2.24) is 4.90 Å². The lowest BCUT2D eigenvalue weighted by Crippen LogP contribution is -2.34. The largest absolute Gasteiger partial charge is 0.329 e. The molecule has 15 heavy (non-hydrogen) atoms. The Morgan fingerprint density at radius 1 is 1.33 bits per heavy atom. The third-order valence-electron chi connectivity index (χ3n) is 2.44. The van der Waals surface area contributed by atoms with Crippen molar-refractivity contribution in [2.24, 2.45) is 5.73 Å². The SMILES string of the molecule is CC(CN)N(C)Cc1ccc(I)cc1.Cl. The van der Waals surface area contributed by atoms with E-state index in [4.69, 9.17) is 5.73 Å². The van der Waals surface area contributed by atoms with Gasteiger partial charge in [-0.3, -0.25) is 4.90 Å². The summed E-state index contributed by atoms with van der Waals surface area (Å²) in [5.41, 5.74) is 6.95. The minimum atomic E-state index is 0. The molecule has 0 amide bonds. The first-order valence-electron chi connectivity index (χ1n) is 4.78. The zero-order valence-electron chi connectivity index (χ0n) is 9.11. The summed E-state index contributed by atoms with van der Waals surface area (Å²) in [6, 6.07) is 9.05. The van der Waals surface area contributed by atoms with Gasteiger partial charge in [0.15, 0.2) is 0 Å². The molecular formula is C11H18ClIN2. The summed E-state index contributed by atoms with van der Waals surface area (Å²) in [4.78, 5) is 2.27. The van der Waals surface area contributed by atoms with Gasteiger partial charge in [-0.2, -0.15) is 0 Å². The molecule has 0 aliphatic heterocycles. The first-order valence-corrected chi connectivity index (χ1v) is 5.86. The zero-order valence-corrected chi connectivity index (χ0v) is 12.1. The fourth-order valence-corrected chi connectivity index (χ4v) is 1.57. The summed E-state index contributed by atoms with van der Waals surface area (Å²) >= 11 is 2.32. The van der Waals surface area contributed by atoms with Crippen molar-refractivity contribution in [2.75, 3.05) is 13.6 Å². The van der Waals surface area contributed by atoms with Crippen LogP contribution in [-0.4, -0.2) is 24.5 Å². The molecule has 1 aromatic rings. The fraction of sp³-hybridized carbons (Fsp3) is 0.455. The monoisotopic (exact) mass is 340 g/mol. The third-order valence-corrected chi connectivity index (χ3v) is 3.16. The van der Waals surface area contributed by atoms with Crippen molar-refractivity contribution < 1.29 is 0 Å². The van der Waals surface area contributed by atoms with Crippen LogP contribution in [0.3, 0.4) is 0 Å². The summed E-state index contributed by atoms with van der Waals surface area (Å²) in [6.45, 7) is 3.82. The highest BCUT2D eigenvalue weighted by Gasteiger charge is 2.06. The zero-order chi connectivity index (χ0) is 10.6. The van der Waals surface area contributed by atoms with E-state index in [2.05, 4.69) is 65.7 Å². The van der Waals surface area contributed by atoms with Gasteiger partial charge in [0, 0.05) is 22.7 Å². The molecule has 0 fully saturated rings. The molecule has 0 spiro atoms. The van der Waals surface area contributed by atoms with Gasteiger partial charge in [-0.05, 0) is 54.3 Å². The molecule has 1 rings (SSSR count). The van der Waals surface area contributed by atoms with Crippen LogP contribution in [0.4, 0.5) is 0 Å². The van der Waals surface area contributed by atoms with E-state index in [0.29, 0.717) is 12.6 Å². The Bertz CT molecular complexity index is 276. The van der Waals surface area contributed by atoms with Crippen molar-refractivity contribution in [2.45, 2.75) is 19.5 Å². The second-order valence-electron chi connectivity index (χ2n) is 3.63. The Labute approximate surface area is 112 Å². The normalized spacial score (nSPS) is 12.3. The molecular weight excluding hydrogens is 322 g/mol. The quantitative estimate of drug-likeness (QED) is 0.853. The molecule has 2 N–H and O–H groups in total. The van der Waals surface area contributed by atoms with Gasteiger partial charge in [-0.25, -0.2) is 0 Å². The number of likely N-dealkylation sites (N-methyl/N-ethyl adjacent to an activating group) is 1. The minimum Gasteiger partial charge on any atom is -0.329 e. The molecule has 1 atom stereocenters. The molecule has 86 valence electrons. The highest BCUT2D eigenvalue weighted by molar-refractivity contribution is 14.1. The smallest absolute Gasteiger partial charge is 0.0234 e. The number of hydrogen-bond donors (Lipinski definition) is 1. The lowest BCUT2D eigenvalue weighted by Gasteiger charge is -2.23. The molecule has 0 saturated carbocycles. The first-order chi connectivity index (χ1) is 6.63. The van der Waals surface area contributed by atoms with E-state index in [-0.39, 0.29) is 12.4 Å². The highest BCUT2D eigenvalue weighted by Crippen LogP contribution is 2.09. The number of nitrogens with zero attached hydrogens (tertiary/aromatic N) is 1. The summed E-state index contributed by atoms with van der Waals surface area (Å²) < 4.78 is 1.28. The van der Waals surface area contributed by atoms with Crippen molar-refractivity contribution >= 4 is 35.0 Å². The molecule has 0 heterocycles. The number of nitrogens with two attached hydrogens (primary N) is 1. The third kappa shape index (κ3) is 5.15. The van der Waals surface area contributed by atoms with E-state index < -0.39 is 0 Å². The lowest BCUT2D eigenvalue weighted by atomic mass is 10.2. The summed E-state index contributed by atoms with van der Waals surface area (Å²) in [6.07, 6.45) is 0. The van der Waals surface area contributed by atoms with Crippen LogP contribution in [0.15, 0.2) is 24.3 Å². The van der Waals surface area contributed by atoms with Crippen molar-refractivity contribution in [3.63, 3.8) is 0 Å². The second-order valence-corrected chi connectivity index (χ2v) is 4.87. The van der Waals surface area contributed by atoms with E-state index in [0.717, 1.165) is 6.54 Å². The molecule has 1 aromatic carbocycles. The maximum Gasteiger partial charge on any atom is 0.0234 e. The van der Waals surface area contributed by atoms with Crippen LogP contribution in [0, 0.1) is 3.57 Å². The van der Waals surface area contributed by atoms with Crippen molar-refractivity contribution in [3.05, 3.63) is 33.4 Å². The number of rotatable bonds is 4. The molecule has 0 aliphatic carbocycles. The number of benzene rings is 1. The molecule has 0 aromatic heterocycles. The van der Waals surface area contributed by atoms with Gasteiger partial charge < -0.3 is 5.73 Å². The average molecular weight is 341 g/mol. The van der Waals surface area contributed by atoms with Crippen LogP contribution in [0.1, 0.15) is 12.5 Å². The summed E-state index contributed by atoms with van der Waals surface area (Å²) in [5.74, 6) is 0. The number of halogens is 2. The van der Waals surface area contributed by atoms with Crippen molar-refractivity contribution in [1.29, 1.82) is 0 Å². The van der Waals surface area contributed by atoms with Gasteiger partial charge in [0.25, 0.3) is 0 Å². The lowest BCUT2D eigenvalue weighted by molar-refractivity contribution is 0.255. The maximum absolute atomic E-state index is 5.61. The predicted molar refractivity (Wildman–Crippen MR) is 76.4 cm³/mol. The Kier molecular flexibility index (Phi) is 7.52. The molecule has 4 heteroatoms. The predicted octanol–water partition coefficient (Wildman–Crippen LogP) is 2.49. The van der Waals surface area contributed by atoms with E-state index in [1.54, 1.807) is 0 Å². The molecule has 1 unspecified atom stereocenters. The Morgan fingerprint density at radius 3 is 2.33 bits per heavy atom. The standard InChI is InChI=1S/C11H17IN2.ClH/c1-9(7-13)14(2)8-10-3-5-11(12)6-4-10;/h3-6,9H,7-8,13H2,1-2H3;1H. The van der Waals surface area contributed by atoms with Crippen LogP contribution in [0.5, 0.6) is 0 Å². The highest BCUT2D eigenvalue weighted by atomic mass is 127. The fourth-order valence-electron chi connectivity index (χ4n) is 1.21. The van der Waals surface area contributed by atoms with E-state index >= 15 is 0 Å². The second kappa shape index (κ2) is 7.44. The Hall–Kier alpha value is 0.160. The van der Waals surface area contributed by atoms with Crippen LogP contribution in [0.2, 0.25) is 0 Å². The first kappa shape index (κ1) is 15.2. The van der Waals surface area contributed by atoms with Gasteiger partial charge in [-0.1, -0.05) is 12.1 Å². The number of hydrogen-bond acceptors (Lipinski definition) is 2. The molecule has 0 saturated heterocycles. The molecule has 0 radical (unpaired) electrons. The van der Waals surface area contributed by atoms with Gasteiger partial charge in [0.1, 0.15) is 0 Å². The summed E-state index contributed by atoms with van der Waals surface area (Å²) in [5, 5.41) is 0. The molecule has 0 aliphatic rings. The Morgan fingerprint density at radius 2 is 1.87 bits per heavy atom. The van der Waals surface area contributed by atoms with E-state index in [9.17, 15) is 0 Å². The van der Waals surface area contributed by atoms with Gasteiger partial charge in [0.2, 0.25) is 0 Å². The maximum atomic E-state index is 5.61. The van der Waals surface area contributed by atoms with E-state index in [1.807, 2.05) is 0 Å². The van der Waals surface area contributed by atoms with Crippen LogP contribution in [0.25, 0.3) is 0 Å². The van der Waals surface area contributed by atoms with E-state index in [1.165, 1.54) is 9.13 Å². The van der Waals surface area contributed by atoms with Gasteiger partial charge in [-0.15, -0.1) is 12.4 Å². The minimum absolute atomic E-state index is 0. The van der Waals surface area contributed by atoms with Gasteiger partial charge in [0.05, 0.1) is 0 Å². The topological polar surface area (TPSA) is 29.3 Å². The molecule has 0 bridgehead atoms. The van der Waals surface area contributed by atoms with Crippen LogP contribution >= 0.6 is 35.0 Å². The summed E-state index contributed by atoms with van der Waals surface area (Å²) in [7, 11) is 2.11. The Balaban J connectivity index is 0.00000196. The van der Waals surface area contributed by atoms with Crippen LogP contribution < -0.4 is 5.73 Å². The average Bonchev–Trinajstić information content (AvgIpc) is 2.20. The van der Waals surface area contributed by atoms with Gasteiger partial charge >= 0.3 is 0 Å². The van der Waals surface area contributed by atoms with Crippen LogP contribution in [-0.2, 0) is 6.54 Å². The molecule has 2 nitrogen and oxygen atoms in total.